The highest BCUT2D eigenvalue weighted by Crippen LogP contribution is 2.39. The second-order valence-electron chi connectivity index (χ2n) is 4.62. The molecule has 0 bridgehead atoms. The van der Waals surface area contributed by atoms with E-state index < -0.39 is 5.60 Å². The van der Waals surface area contributed by atoms with Gasteiger partial charge in [0.1, 0.15) is 0 Å². The van der Waals surface area contributed by atoms with Crippen LogP contribution in [0, 0.1) is 11.8 Å². The van der Waals surface area contributed by atoms with Gasteiger partial charge < -0.3 is 10.4 Å². The maximum atomic E-state index is 11.3. The molecular weight excluding hydrogens is 166 g/mol. The molecular formula is C10H17NO2. The zero-order valence-electron chi connectivity index (χ0n) is 8.05. The summed E-state index contributed by atoms with van der Waals surface area (Å²) in [6.45, 7) is 2.24. The predicted molar refractivity (Wildman–Crippen MR) is 49.1 cm³/mol. The zero-order valence-corrected chi connectivity index (χ0v) is 8.05. The van der Waals surface area contributed by atoms with E-state index in [-0.39, 0.29) is 11.8 Å². The van der Waals surface area contributed by atoms with Crippen molar-refractivity contribution in [2.24, 2.45) is 11.8 Å². The van der Waals surface area contributed by atoms with Crippen LogP contribution >= 0.6 is 0 Å². The smallest absolute Gasteiger partial charge is 0.223 e. The van der Waals surface area contributed by atoms with Crippen molar-refractivity contribution in [1.82, 2.24) is 5.32 Å². The number of amides is 1. The van der Waals surface area contributed by atoms with Crippen LogP contribution < -0.4 is 5.32 Å². The molecule has 0 radical (unpaired) electrons. The van der Waals surface area contributed by atoms with E-state index in [9.17, 15) is 9.90 Å². The largest absolute Gasteiger partial charge is 0.388 e. The summed E-state index contributed by atoms with van der Waals surface area (Å²) < 4.78 is 0. The third-order valence-electron chi connectivity index (χ3n) is 3.03. The molecule has 0 heterocycles. The minimum Gasteiger partial charge on any atom is -0.388 e. The Hall–Kier alpha value is -0.570. The van der Waals surface area contributed by atoms with Gasteiger partial charge in [0, 0.05) is 12.5 Å². The van der Waals surface area contributed by atoms with Gasteiger partial charge >= 0.3 is 0 Å². The summed E-state index contributed by atoms with van der Waals surface area (Å²) in [6, 6.07) is 0. The van der Waals surface area contributed by atoms with Crippen molar-refractivity contribution < 1.29 is 9.90 Å². The van der Waals surface area contributed by atoms with Gasteiger partial charge in [-0.05, 0) is 38.5 Å². The summed E-state index contributed by atoms with van der Waals surface area (Å²) in [5, 5.41) is 12.7. The molecule has 0 aromatic carbocycles. The van der Waals surface area contributed by atoms with Crippen molar-refractivity contribution in [3.8, 4) is 0 Å². The highest BCUT2D eigenvalue weighted by atomic mass is 16.3. The second-order valence-corrected chi connectivity index (χ2v) is 4.62. The van der Waals surface area contributed by atoms with Crippen LogP contribution in [0.3, 0.4) is 0 Å². The third-order valence-corrected chi connectivity index (χ3v) is 3.03. The molecule has 0 aliphatic heterocycles. The fourth-order valence-electron chi connectivity index (χ4n) is 1.61. The van der Waals surface area contributed by atoms with Gasteiger partial charge in [0.2, 0.25) is 5.91 Å². The number of carbonyl (C=O) groups excluding carboxylic acids is 1. The molecule has 2 N–H and O–H groups in total. The summed E-state index contributed by atoms with van der Waals surface area (Å²) in [5.74, 6) is 0.780. The molecule has 2 aliphatic carbocycles. The quantitative estimate of drug-likeness (QED) is 0.673. The number of hydrogen-bond acceptors (Lipinski definition) is 2. The first-order valence-corrected chi connectivity index (χ1v) is 5.10. The number of nitrogens with one attached hydrogen (secondary N) is 1. The van der Waals surface area contributed by atoms with Crippen LogP contribution in [-0.2, 0) is 4.79 Å². The molecule has 13 heavy (non-hydrogen) atoms. The molecule has 0 aromatic rings. The fourth-order valence-corrected chi connectivity index (χ4v) is 1.61. The lowest BCUT2D eigenvalue weighted by Crippen LogP contribution is -2.42. The summed E-state index contributed by atoms with van der Waals surface area (Å²) in [6.07, 6.45) is 4.26. The summed E-state index contributed by atoms with van der Waals surface area (Å²) >= 11 is 0. The lowest BCUT2D eigenvalue weighted by molar-refractivity contribution is -0.123. The highest BCUT2D eigenvalue weighted by Gasteiger charge is 2.40. The topological polar surface area (TPSA) is 49.3 Å². The minimum absolute atomic E-state index is 0.126. The molecule has 2 saturated carbocycles. The Morgan fingerprint density at radius 1 is 1.46 bits per heavy atom. The Balaban J connectivity index is 1.73. The normalized spacial score (nSPS) is 26.6. The van der Waals surface area contributed by atoms with Crippen LogP contribution in [0.25, 0.3) is 0 Å². The summed E-state index contributed by atoms with van der Waals surface area (Å²) in [5.41, 5.74) is -0.676. The Morgan fingerprint density at radius 3 is 2.54 bits per heavy atom. The van der Waals surface area contributed by atoms with Crippen molar-refractivity contribution in [2.45, 2.75) is 38.2 Å². The number of rotatable bonds is 4. The van der Waals surface area contributed by atoms with Crippen LogP contribution in [0.15, 0.2) is 0 Å². The lowest BCUT2D eigenvalue weighted by Gasteiger charge is -2.23. The van der Waals surface area contributed by atoms with E-state index in [1.54, 1.807) is 0 Å². The van der Waals surface area contributed by atoms with Gasteiger partial charge in [0.15, 0.2) is 0 Å². The molecule has 3 heteroatoms. The maximum absolute atomic E-state index is 11.3. The van der Waals surface area contributed by atoms with E-state index in [4.69, 9.17) is 0 Å². The van der Waals surface area contributed by atoms with Gasteiger partial charge in [0.25, 0.3) is 0 Å². The standard InChI is InChI=1S/C10H17NO2/c1-10(13,8-4-5-8)6-11-9(12)7-2-3-7/h7-8,13H,2-6H2,1H3,(H,11,12)/t10-/m1/s1. The molecule has 0 spiro atoms. The minimum atomic E-state index is -0.676. The molecule has 2 rings (SSSR count). The Labute approximate surface area is 78.5 Å². The Bertz CT molecular complexity index is 217. The first kappa shape index (κ1) is 9.00. The molecule has 0 aromatic heterocycles. The Kier molecular flexibility index (Phi) is 2.06. The highest BCUT2D eigenvalue weighted by molar-refractivity contribution is 5.80. The number of aliphatic hydroxyl groups is 1. The molecule has 0 saturated heterocycles. The van der Waals surface area contributed by atoms with E-state index in [2.05, 4.69) is 5.32 Å². The number of carbonyl (C=O) groups is 1. The van der Waals surface area contributed by atoms with Gasteiger partial charge in [-0.15, -0.1) is 0 Å². The van der Waals surface area contributed by atoms with Crippen LogP contribution in [0.2, 0.25) is 0 Å². The van der Waals surface area contributed by atoms with E-state index >= 15 is 0 Å². The van der Waals surface area contributed by atoms with Crippen LogP contribution in [-0.4, -0.2) is 23.2 Å². The van der Waals surface area contributed by atoms with Crippen LogP contribution in [0.1, 0.15) is 32.6 Å². The van der Waals surface area contributed by atoms with Gasteiger partial charge in [0.05, 0.1) is 5.60 Å². The molecule has 0 unspecified atom stereocenters. The second kappa shape index (κ2) is 2.98. The monoisotopic (exact) mass is 183 g/mol. The van der Waals surface area contributed by atoms with E-state index in [0.29, 0.717) is 12.5 Å². The average molecular weight is 183 g/mol. The summed E-state index contributed by atoms with van der Waals surface area (Å²) in [7, 11) is 0. The molecule has 2 fully saturated rings. The molecule has 74 valence electrons. The zero-order chi connectivity index (χ0) is 9.47. The Morgan fingerprint density at radius 2 is 2.08 bits per heavy atom. The van der Waals surface area contributed by atoms with Gasteiger partial charge in [-0.1, -0.05) is 0 Å². The van der Waals surface area contributed by atoms with E-state index in [1.807, 2.05) is 6.92 Å². The number of hydrogen-bond donors (Lipinski definition) is 2. The van der Waals surface area contributed by atoms with Crippen LogP contribution in [0.4, 0.5) is 0 Å². The predicted octanol–water partition coefficient (Wildman–Crippen LogP) is 0.674. The van der Waals surface area contributed by atoms with Crippen molar-refractivity contribution in [3.05, 3.63) is 0 Å². The maximum Gasteiger partial charge on any atom is 0.223 e. The van der Waals surface area contributed by atoms with Crippen molar-refractivity contribution in [2.75, 3.05) is 6.54 Å². The molecule has 3 nitrogen and oxygen atoms in total. The summed E-state index contributed by atoms with van der Waals surface area (Å²) in [4.78, 5) is 11.3. The van der Waals surface area contributed by atoms with Gasteiger partial charge in [-0.25, -0.2) is 0 Å². The van der Waals surface area contributed by atoms with Crippen molar-refractivity contribution in [1.29, 1.82) is 0 Å². The molecule has 2 aliphatic rings. The van der Waals surface area contributed by atoms with E-state index in [1.165, 1.54) is 0 Å². The SMILES string of the molecule is C[C@@](O)(CNC(=O)C1CC1)C1CC1. The average Bonchev–Trinajstić information content (AvgIpc) is 2.89. The van der Waals surface area contributed by atoms with Crippen LogP contribution in [0.5, 0.6) is 0 Å². The molecule has 1 amide bonds. The van der Waals surface area contributed by atoms with Gasteiger partial charge in [-0.2, -0.15) is 0 Å². The van der Waals surface area contributed by atoms with Crippen molar-refractivity contribution in [3.63, 3.8) is 0 Å². The van der Waals surface area contributed by atoms with E-state index in [0.717, 1.165) is 25.7 Å². The van der Waals surface area contributed by atoms with Crippen molar-refractivity contribution >= 4 is 5.91 Å². The third kappa shape index (κ3) is 2.21. The first-order valence-electron chi connectivity index (χ1n) is 5.10. The van der Waals surface area contributed by atoms with Gasteiger partial charge in [-0.3, -0.25) is 4.79 Å². The first-order chi connectivity index (χ1) is 6.09. The fraction of sp³-hybridized carbons (Fsp3) is 0.900. The lowest BCUT2D eigenvalue weighted by atomic mass is 10.0. The molecule has 1 atom stereocenters.